The van der Waals surface area contributed by atoms with Gasteiger partial charge in [0.2, 0.25) is 5.91 Å². The van der Waals surface area contributed by atoms with Gasteiger partial charge in [-0.15, -0.1) is 0 Å². The fourth-order valence-corrected chi connectivity index (χ4v) is 2.64. The molecule has 2 aromatic rings. The number of likely N-dealkylation sites (N-methyl/N-ethyl adjacent to an activating group) is 1. The number of rotatable bonds is 3. The summed E-state index contributed by atoms with van der Waals surface area (Å²) in [6.07, 6.45) is 4.92. The van der Waals surface area contributed by atoms with E-state index in [1.54, 1.807) is 4.68 Å². The van der Waals surface area contributed by atoms with Crippen molar-refractivity contribution < 1.29 is 9.90 Å². The van der Waals surface area contributed by atoms with Crippen molar-refractivity contribution >= 4 is 5.91 Å². The monoisotopic (exact) mass is 289 g/mol. The highest BCUT2D eigenvalue weighted by Crippen LogP contribution is 2.18. The average molecular weight is 289 g/mol. The molecule has 1 amide bonds. The van der Waals surface area contributed by atoms with Crippen molar-refractivity contribution in [3.8, 4) is 5.82 Å². The zero-order valence-electron chi connectivity index (χ0n) is 12.2. The molecule has 112 valence electrons. The van der Waals surface area contributed by atoms with Crippen LogP contribution in [0, 0.1) is 0 Å². The number of carbonyl (C=O) groups is 1. The summed E-state index contributed by atoms with van der Waals surface area (Å²) in [5.41, 5.74) is 0.908. The predicted molar refractivity (Wildman–Crippen MR) is 76.6 cm³/mol. The second-order valence-electron chi connectivity index (χ2n) is 5.44. The van der Waals surface area contributed by atoms with E-state index in [9.17, 15) is 9.90 Å². The number of hydrogen-bond donors (Lipinski definition) is 1. The van der Waals surface area contributed by atoms with E-state index in [1.165, 1.54) is 4.90 Å². The number of carbonyl (C=O) groups excluding carboxylic acids is 1. The van der Waals surface area contributed by atoms with E-state index in [4.69, 9.17) is 0 Å². The van der Waals surface area contributed by atoms with Gasteiger partial charge in [-0.05, 0) is 19.2 Å². The third kappa shape index (κ3) is 2.70. The molecule has 3 rings (SSSR count). The summed E-state index contributed by atoms with van der Waals surface area (Å²) in [5.74, 6) is 0.708. The zero-order chi connectivity index (χ0) is 15.0. The summed E-state index contributed by atoms with van der Waals surface area (Å²) in [4.78, 5) is 15.4. The highest BCUT2D eigenvalue weighted by Gasteiger charge is 2.30. The first-order chi connectivity index (χ1) is 10.0. The Morgan fingerprint density at radius 3 is 2.71 bits per heavy atom. The maximum absolute atomic E-state index is 12.1. The van der Waals surface area contributed by atoms with Gasteiger partial charge in [0.05, 0.1) is 13.1 Å². The fraction of sp³-hybridized carbons (Fsp3) is 0.429. The molecule has 0 aromatic carbocycles. The predicted octanol–water partition coefficient (Wildman–Crippen LogP) is -0.197. The van der Waals surface area contributed by atoms with Crippen molar-refractivity contribution in [1.29, 1.82) is 0 Å². The molecule has 0 bridgehead atoms. The van der Waals surface area contributed by atoms with Crippen molar-refractivity contribution in [2.45, 2.75) is 12.8 Å². The van der Waals surface area contributed by atoms with Crippen molar-refractivity contribution in [1.82, 2.24) is 24.1 Å². The van der Waals surface area contributed by atoms with Crippen LogP contribution in [0.4, 0.5) is 0 Å². The van der Waals surface area contributed by atoms with E-state index < -0.39 is 6.23 Å². The lowest BCUT2D eigenvalue weighted by Gasteiger charge is -2.36. The Hall–Kier alpha value is -2.12. The number of aromatic nitrogens is 3. The Morgan fingerprint density at radius 2 is 2.05 bits per heavy atom. The quantitative estimate of drug-likeness (QED) is 0.850. The van der Waals surface area contributed by atoms with Crippen LogP contribution in [0.15, 0.2) is 30.7 Å². The number of amides is 1. The fourth-order valence-electron chi connectivity index (χ4n) is 2.64. The van der Waals surface area contributed by atoms with Crippen molar-refractivity contribution in [2.24, 2.45) is 7.05 Å². The van der Waals surface area contributed by atoms with Crippen LogP contribution in [-0.2, 0) is 18.4 Å². The molecule has 0 saturated carbocycles. The number of aryl methyl sites for hydroxylation is 1. The van der Waals surface area contributed by atoms with E-state index in [0.717, 1.165) is 11.4 Å². The molecule has 0 radical (unpaired) electrons. The van der Waals surface area contributed by atoms with Gasteiger partial charge in [0.1, 0.15) is 6.23 Å². The molecule has 1 aliphatic heterocycles. The number of aliphatic hydroxyl groups is 1. The van der Waals surface area contributed by atoms with Gasteiger partial charge in [-0.1, -0.05) is 0 Å². The number of hydrogen-bond acceptors (Lipinski definition) is 4. The van der Waals surface area contributed by atoms with E-state index in [1.807, 2.05) is 54.3 Å². The highest BCUT2D eigenvalue weighted by atomic mass is 16.3. The molecule has 1 saturated heterocycles. The molecule has 7 heteroatoms. The minimum atomic E-state index is -0.783. The topological polar surface area (TPSA) is 66.5 Å². The van der Waals surface area contributed by atoms with Gasteiger partial charge in [-0.2, -0.15) is 5.10 Å². The lowest BCUT2D eigenvalue weighted by molar-refractivity contribution is -0.152. The van der Waals surface area contributed by atoms with Crippen LogP contribution in [0.1, 0.15) is 5.56 Å². The number of β-amino-alcohol motifs (C(OH)–C–C–N with tert-alkyl or cyclic N) is 1. The van der Waals surface area contributed by atoms with Crippen LogP contribution >= 0.6 is 0 Å². The summed E-state index contributed by atoms with van der Waals surface area (Å²) in [6.45, 7) is 1.15. The van der Waals surface area contributed by atoms with Crippen molar-refractivity contribution in [2.75, 3.05) is 20.1 Å². The Balaban J connectivity index is 1.87. The molecule has 1 N–H and O–H groups in total. The summed E-state index contributed by atoms with van der Waals surface area (Å²) in [6, 6.07) is 3.85. The van der Waals surface area contributed by atoms with Gasteiger partial charge in [-0.25, -0.2) is 0 Å². The van der Waals surface area contributed by atoms with E-state index in [2.05, 4.69) is 5.10 Å². The lowest BCUT2D eigenvalue weighted by atomic mass is 10.2. The molecule has 0 aliphatic carbocycles. The first-order valence-electron chi connectivity index (χ1n) is 6.86. The summed E-state index contributed by atoms with van der Waals surface area (Å²) < 4.78 is 3.62. The second-order valence-corrected chi connectivity index (χ2v) is 5.44. The number of aliphatic hydroxyl groups excluding tert-OH is 1. The van der Waals surface area contributed by atoms with E-state index >= 15 is 0 Å². The molecule has 0 spiro atoms. The number of nitrogens with zero attached hydrogens (tertiary/aromatic N) is 5. The Kier molecular flexibility index (Phi) is 3.52. The molecule has 1 atom stereocenters. The highest BCUT2D eigenvalue weighted by molar-refractivity contribution is 5.79. The van der Waals surface area contributed by atoms with Gasteiger partial charge in [-0.3, -0.25) is 14.4 Å². The molecule has 1 aliphatic rings. The second kappa shape index (κ2) is 5.34. The summed E-state index contributed by atoms with van der Waals surface area (Å²) in [7, 11) is 3.67. The average Bonchev–Trinajstić information content (AvgIpc) is 3.02. The minimum Gasteiger partial charge on any atom is -0.372 e. The van der Waals surface area contributed by atoms with Gasteiger partial charge < -0.3 is 14.6 Å². The maximum atomic E-state index is 12.1. The van der Waals surface area contributed by atoms with Crippen molar-refractivity contribution in [3.05, 3.63) is 36.3 Å². The van der Waals surface area contributed by atoms with Crippen molar-refractivity contribution in [3.63, 3.8) is 0 Å². The zero-order valence-corrected chi connectivity index (χ0v) is 12.2. The molecule has 21 heavy (non-hydrogen) atoms. The van der Waals surface area contributed by atoms with E-state index in [0.29, 0.717) is 19.6 Å². The Labute approximate surface area is 123 Å². The van der Waals surface area contributed by atoms with Gasteiger partial charge in [0, 0.05) is 37.7 Å². The number of piperazine rings is 1. The minimum absolute atomic E-state index is 0.0708. The SMILES string of the molecule is CN1CC(=O)N(Cc2cn(C)nc2-n2cccc2)C(O)C1. The standard InChI is InChI=1S/C14H19N5O2/c1-16-9-12(20)19(13(21)10-16)8-11-7-17(2)15-14(11)18-5-3-4-6-18/h3-7,12,20H,8-10H2,1-2H3. The third-order valence-electron chi connectivity index (χ3n) is 3.63. The molecule has 7 nitrogen and oxygen atoms in total. The third-order valence-corrected chi connectivity index (χ3v) is 3.63. The van der Waals surface area contributed by atoms with E-state index in [-0.39, 0.29) is 5.91 Å². The van der Waals surface area contributed by atoms with Gasteiger partial charge >= 0.3 is 0 Å². The Morgan fingerprint density at radius 1 is 1.33 bits per heavy atom. The van der Waals surface area contributed by atoms with Crippen LogP contribution in [0.3, 0.4) is 0 Å². The van der Waals surface area contributed by atoms with Gasteiger partial charge in [0.25, 0.3) is 0 Å². The molecular weight excluding hydrogens is 270 g/mol. The maximum Gasteiger partial charge on any atom is 0.239 e. The molecule has 1 unspecified atom stereocenters. The molecular formula is C14H19N5O2. The smallest absolute Gasteiger partial charge is 0.239 e. The van der Waals surface area contributed by atoms with Crippen LogP contribution in [0.25, 0.3) is 5.82 Å². The largest absolute Gasteiger partial charge is 0.372 e. The first-order valence-corrected chi connectivity index (χ1v) is 6.86. The van der Waals surface area contributed by atoms with Crippen LogP contribution in [0.5, 0.6) is 0 Å². The molecule has 2 aromatic heterocycles. The molecule has 3 heterocycles. The first kappa shape index (κ1) is 13.8. The van der Waals surface area contributed by atoms with Crippen LogP contribution in [-0.4, -0.2) is 61.5 Å². The Bertz CT molecular complexity index is 634. The van der Waals surface area contributed by atoms with Crippen LogP contribution in [0.2, 0.25) is 0 Å². The van der Waals surface area contributed by atoms with Crippen LogP contribution < -0.4 is 0 Å². The molecule has 1 fully saturated rings. The normalized spacial score (nSPS) is 20.2. The van der Waals surface area contributed by atoms with Gasteiger partial charge in [0.15, 0.2) is 5.82 Å². The lowest BCUT2D eigenvalue weighted by Crippen LogP contribution is -2.54. The summed E-state index contributed by atoms with van der Waals surface area (Å²) in [5, 5.41) is 14.6. The summed E-state index contributed by atoms with van der Waals surface area (Å²) >= 11 is 0.